The molecule has 33 heavy (non-hydrogen) atoms. The third-order valence-corrected chi connectivity index (χ3v) is 6.99. The maximum atomic E-state index is 12.5. The van der Waals surface area contributed by atoms with E-state index < -0.39 is 5.91 Å². The molecule has 2 aromatic carbocycles. The van der Waals surface area contributed by atoms with E-state index in [2.05, 4.69) is 40.0 Å². The molecule has 0 fully saturated rings. The van der Waals surface area contributed by atoms with Crippen molar-refractivity contribution in [3.05, 3.63) is 70.4 Å². The zero-order valence-electron chi connectivity index (χ0n) is 18.2. The maximum absolute atomic E-state index is 12.5. The number of carbonyl (C=O) groups excluding carboxylic acids is 2. The van der Waals surface area contributed by atoms with Crippen molar-refractivity contribution in [2.75, 3.05) is 11.1 Å². The van der Waals surface area contributed by atoms with Gasteiger partial charge in [-0.25, -0.2) is 0 Å². The Labute approximate surface area is 200 Å². The average Bonchev–Trinajstić information content (AvgIpc) is 3.41. The summed E-state index contributed by atoms with van der Waals surface area (Å²) in [6.07, 6.45) is 0. The number of nitrogens with two attached hydrogens (primary N) is 1. The highest BCUT2D eigenvalue weighted by atomic mass is 32.2. The topological polar surface area (TPSA) is 103 Å². The number of para-hydroxylation sites is 1. The Morgan fingerprint density at radius 1 is 1.09 bits per heavy atom. The Morgan fingerprint density at radius 2 is 1.82 bits per heavy atom. The summed E-state index contributed by atoms with van der Waals surface area (Å²) in [5.41, 5.74) is 9.39. The largest absolute Gasteiger partial charge is 0.366 e. The van der Waals surface area contributed by atoms with Crippen LogP contribution in [0.5, 0.6) is 0 Å². The first kappa shape index (κ1) is 22.8. The molecular formula is C24H23N5O2S2. The number of nitrogens with zero attached hydrogens (tertiary/aromatic N) is 3. The number of primary amides is 1. The van der Waals surface area contributed by atoms with Crippen LogP contribution in [0, 0.1) is 6.92 Å². The van der Waals surface area contributed by atoms with Gasteiger partial charge in [-0.3, -0.25) is 9.59 Å². The van der Waals surface area contributed by atoms with Crippen molar-refractivity contribution in [1.29, 1.82) is 0 Å². The molecule has 3 N–H and O–H groups in total. The molecule has 2 heterocycles. The Morgan fingerprint density at radius 3 is 2.55 bits per heavy atom. The van der Waals surface area contributed by atoms with Crippen LogP contribution in [-0.4, -0.2) is 32.3 Å². The minimum absolute atomic E-state index is 0.124. The van der Waals surface area contributed by atoms with Gasteiger partial charge in [0.2, 0.25) is 5.91 Å². The van der Waals surface area contributed by atoms with E-state index in [-0.39, 0.29) is 17.2 Å². The molecule has 0 aliphatic heterocycles. The number of aromatic nitrogens is 3. The van der Waals surface area contributed by atoms with Gasteiger partial charge in [0.15, 0.2) is 11.0 Å². The van der Waals surface area contributed by atoms with Crippen molar-refractivity contribution in [3.8, 4) is 22.5 Å². The highest BCUT2D eigenvalue weighted by Crippen LogP contribution is 2.39. The van der Waals surface area contributed by atoms with Gasteiger partial charge in [0.05, 0.1) is 17.0 Å². The van der Waals surface area contributed by atoms with Crippen LogP contribution in [0.4, 0.5) is 5.69 Å². The van der Waals surface area contributed by atoms with E-state index >= 15 is 0 Å². The van der Waals surface area contributed by atoms with Crippen LogP contribution in [0.15, 0.2) is 65.1 Å². The van der Waals surface area contributed by atoms with E-state index in [1.165, 1.54) is 16.6 Å². The van der Waals surface area contributed by atoms with Crippen LogP contribution in [0.2, 0.25) is 0 Å². The fourth-order valence-electron chi connectivity index (χ4n) is 3.59. The Kier molecular flexibility index (Phi) is 6.90. The number of rotatable bonds is 8. The third-order valence-electron chi connectivity index (χ3n) is 5.11. The van der Waals surface area contributed by atoms with Crippen LogP contribution in [0.3, 0.4) is 0 Å². The first-order valence-electron chi connectivity index (χ1n) is 10.4. The van der Waals surface area contributed by atoms with Crippen LogP contribution in [-0.2, 0) is 11.3 Å². The zero-order valence-corrected chi connectivity index (χ0v) is 19.9. The molecule has 9 heteroatoms. The lowest BCUT2D eigenvalue weighted by Gasteiger charge is -2.10. The van der Waals surface area contributed by atoms with Gasteiger partial charge in [0.25, 0.3) is 5.91 Å². The number of thiophene rings is 1. The molecule has 2 aromatic heterocycles. The van der Waals surface area contributed by atoms with Gasteiger partial charge >= 0.3 is 0 Å². The lowest BCUT2D eigenvalue weighted by molar-refractivity contribution is -0.113. The van der Waals surface area contributed by atoms with E-state index in [1.54, 1.807) is 35.6 Å². The fraction of sp³-hybridized carbons (Fsp3) is 0.167. The van der Waals surface area contributed by atoms with E-state index in [9.17, 15) is 9.59 Å². The summed E-state index contributed by atoms with van der Waals surface area (Å²) < 4.78 is 2.02. The highest BCUT2D eigenvalue weighted by Gasteiger charge is 2.20. The second kappa shape index (κ2) is 10.0. The molecule has 0 saturated heterocycles. The van der Waals surface area contributed by atoms with Gasteiger partial charge in [0.1, 0.15) is 0 Å². The van der Waals surface area contributed by atoms with Crippen molar-refractivity contribution >= 4 is 40.6 Å². The summed E-state index contributed by atoms with van der Waals surface area (Å²) >= 11 is 2.98. The predicted molar refractivity (Wildman–Crippen MR) is 133 cm³/mol. The summed E-state index contributed by atoms with van der Waals surface area (Å²) in [6, 6.07) is 16.9. The highest BCUT2D eigenvalue weighted by molar-refractivity contribution is 7.99. The van der Waals surface area contributed by atoms with Crippen molar-refractivity contribution in [2.45, 2.75) is 25.5 Å². The molecule has 0 aliphatic rings. The fourth-order valence-corrected chi connectivity index (χ4v) is 5.25. The van der Waals surface area contributed by atoms with Gasteiger partial charge in [-0.2, -0.15) is 0 Å². The standard InChI is InChI=1S/C24H23N5O2S2/c1-3-29-23(18-13-32-15(2)21(18)16-9-5-4-6-10-16)27-28-24(29)33-14-20(30)26-19-12-8-7-11-17(19)22(25)31/h4-13H,3,14H2,1-2H3,(H2,25,31)(H,26,30). The third kappa shape index (κ3) is 4.84. The second-order valence-electron chi connectivity index (χ2n) is 7.24. The zero-order chi connectivity index (χ0) is 23.4. The van der Waals surface area contributed by atoms with Crippen molar-refractivity contribution in [3.63, 3.8) is 0 Å². The summed E-state index contributed by atoms with van der Waals surface area (Å²) in [6.45, 7) is 4.80. The molecule has 0 bridgehead atoms. The number of carbonyl (C=O) groups is 2. The summed E-state index contributed by atoms with van der Waals surface area (Å²) in [5, 5.41) is 14.3. The summed E-state index contributed by atoms with van der Waals surface area (Å²) in [4.78, 5) is 25.3. The number of hydrogen-bond acceptors (Lipinski definition) is 6. The Bertz CT molecular complexity index is 1300. The van der Waals surface area contributed by atoms with E-state index in [0.29, 0.717) is 17.4 Å². The van der Waals surface area contributed by atoms with Gasteiger partial charge in [-0.1, -0.05) is 54.2 Å². The van der Waals surface area contributed by atoms with E-state index in [4.69, 9.17) is 5.73 Å². The van der Waals surface area contributed by atoms with E-state index in [0.717, 1.165) is 22.5 Å². The maximum Gasteiger partial charge on any atom is 0.250 e. The molecule has 0 radical (unpaired) electrons. The number of thioether (sulfide) groups is 1. The van der Waals surface area contributed by atoms with Crippen molar-refractivity contribution < 1.29 is 9.59 Å². The average molecular weight is 478 g/mol. The van der Waals surface area contributed by atoms with Crippen molar-refractivity contribution in [2.24, 2.45) is 5.73 Å². The molecule has 0 atom stereocenters. The molecule has 0 aliphatic carbocycles. The van der Waals surface area contributed by atoms with E-state index in [1.807, 2.05) is 29.7 Å². The Balaban J connectivity index is 1.54. The normalized spacial score (nSPS) is 10.8. The molecule has 0 saturated carbocycles. The minimum atomic E-state index is -0.589. The first-order valence-corrected chi connectivity index (χ1v) is 12.2. The SMILES string of the molecule is CCn1c(SCC(=O)Nc2ccccc2C(N)=O)nnc1-c1csc(C)c1-c1ccccc1. The number of hydrogen-bond donors (Lipinski definition) is 2. The molecule has 168 valence electrons. The quantitative estimate of drug-likeness (QED) is 0.354. The lowest BCUT2D eigenvalue weighted by atomic mass is 10.0. The molecule has 7 nitrogen and oxygen atoms in total. The summed E-state index contributed by atoms with van der Waals surface area (Å²) in [7, 11) is 0. The lowest BCUT2D eigenvalue weighted by Crippen LogP contribution is -2.19. The van der Waals surface area contributed by atoms with Crippen molar-refractivity contribution in [1.82, 2.24) is 14.8 Å². The monoisotopic (exact) mass is 477 g/mol. The van der Waals surface area contributed by atoms with Gasteiger partial charge in [0, 0.05) is 27.9 Å². The van der Waals surface area contributed by atoms with Gasteiger partial charge in [-0.15, -0.1) is 21.5 Å². The van der Waals surface area contributed by atoms with Crippen LogP contribution in [0.1, 0.15) is 22.2 Å². The van der Waals surface area contributed by atoms with Gasteiger partial charge < -0.3 is 15.6 Å². The number of benzene rings is 2. The molecule has 4 aromatic rings. The number of nitrogens with one attached hydrogen (secondary N) is 1. The van der Waals surface area contributed by atoms with Crippen LogP contribution >= 0.6 is 23.1 Å². The smallest absolute Gasteiger partial charge is 0.250 e. The number of anilines is 1. The molecule has 4 rings (SSSR count). The van der Waals surface area contributed by atoms with Crippen LogP contribution in [0.25, 0.3) is 22.5 Å². The molecular weight excluding hydrogens is 454 g/mol. The molecule has 0 unspecified atom stereocenters. The Hall–Kier alpha value is -3.43. The first-order chi connectivity index (χ1) is 16.0. The van der Waals surface area contributed by atoms with Crippen LogP contribution < -0.4 is 11.1 Å². The summed E-state index contributed by atoms with van der Waals surface area (Å²) in [5.74, 6) is 0.0635. The molecule has 0 spiro atoms. The van der Waals surface area contributed by atoms with Gasteiger partial charge in [-0.05, 0) is 31.5 Å². The second-order valence-corrected chi connectivity index (χ2v) is 9.27. The molecule has 2 amide bonds. The number of amides is 2. The minimum Gasteiger partial charge on any atom is -0.366 e. The predicted octanol–water partition coefficient (Wildman–Crippen LogP) is 4.83. The number of aryl methyl sites for hydroxylation is 1.